The number of anilines is 1. The first kappa shape index (κ1) is 13.3. The second-order valence-electron chi connectivity index (χ2n) is 5.86. The molecule has 1 aliphatic heterocycles. The molecule has 19 heavy (non-hydrogen) atoms. The van der Waals surface area contributed by atoms with Crippen molar-refractivity contribution in [3.8, 4) is 0 Å². The van der Waals surface area contributed by atoms with Crippen molar-refractivity contribution in [2.75, 3.05) is 30.8 Å². The molecule has 3 rings (SSSR count). The van der Waals surface area contributed by atoms with E-state index in [1.807, 2.05) is 11.8 Å². The van der Waals surface area contributed by atoms with Gasteiger partial charge in [-0.3, -0.25) is 0 Å². The van der Waals surface area contributed by atoms with Crippen LogP contribution in [0.1, 0.15) is 32.1 Å². The van der Waals surface area contributed by atoms with Gasteiger partial charge in [0.1, 0.15) is 0 Å². The van der Waals surface area contributed by atoms with Gasteiger partial charge < -0.3 is 10.2 Å². The lowest BCUT2D eigenvalue weighted by Crippen LogP contribution is -2.61. The molecule has 3 heteroatoms. The molecule has 0 atom stereocenters. The molecule has 0 amide bonds. The number of rotatable bonds is 2. The summed E-state index contributed by atoms with van der Waals surface area (Å²) in [5.74, 6) is 0. The van der Waals surface area contributed by atoms with Crippen LogP contribution in [0.25, 0.3) is 0 Å². The molecule has 1 spiro atoms. The van der Waals surface area contributed by atoms with Crippen LogP contribution in [-0.4, -0.2) is 31.4 Å². The van der Waals surface area contributed by atoms with Gasteiger partial charge in [-0.25, -0.2) is 0 Å². The molecule has 104 valence electrons. The normalized spacial score (nSPS) is 22.7. The maximum Gasteiger partial charge on any atom is 0.0505 e. The Morgan fingerprint density at radius 3 is 2.74 bits per heavy atom. The number of nitrogens with one attached hydrogen (secondary N) is 1. The fourth-order valence-corrected chi connectivity index (χ4v) is 4.24. The second kappa shape index (κ2) is 5.76. The molecule has 1 N–H and O–H groups in total. The van der Waals surface area contributed by atoms with Gasteiger partial charge in [0.25, 0.3) is 0 Å². The number of benzene rings is 1. The van der Waals surface area contributed by atoms with E-state index in [1.165, 1.54) is 49.2 Å². The molecular formula is C16H24N2S. The Hall–Kier alpha value is -0.670. The molecular weight excluding hydrogens is 252 g/mol. The van der Waals surface area contributed by atoms with Crippen LogP contribution in [0.15, 0.2) is 29.2 Å². The van der Waals surface area contributed by atoms with Crippen LogP contribution in [0, 0.1) is 0 Å². The lowest BCUT2D eigenvalue weighted by atomic mass is 9.80. The Morgan fingerprint density at radius 2 is 1.95 bits per heavy atom. The summed E-state index contributed by atoms with van der Waals surface area (Å²) in [5.41, 5.74) is 1.82. The SMILES string of the molecule is CSc1ccccc1N1CCNC2(CCCCC2)C1. The minimum atomic E-state index is 0.391. The van der Waals surface area contributed by atoms with Crippen molar-refractivity contribution in [1.82, 2.24) is 5.32 Å². The number of piperazine rings is 1. The van der Waals surface area contributed by atoms with Crippen LogP contribution < -0.4 is 10.2 Å². The van der Waals surface area contributed by atoms with E-state index < -0.39 is 0 Å². The fraction of sp³-hybridized carbons (Fsp3) is 0.625. The van der Waals surface area contributed by atoms with E-state index in [1.54, 1.807) is 0 Å². The van der Waals surface area contributed by atoms with E-state index in [4.69, 9.17) is 0 Å². The summed E-state index contributed by atoms with van der Waals surface area (Å²) in [6.45, 7) is 3.45. The van der Waals surface area contributed by atoms with E-state index in [0.29, 0.717) is 5.54 Å². The van der Waals surface area contributed by atoms with Crippen LogP contribution in [0.4, 0.5) is 5.69 Å². The summed E-state index contributed by atoms with van der Waals surface area (Å²) in [4.78, 5) is 4.02. The second-order valence-corrected chi connectivity index (χ2v) is 6.71. The van der Waals surface area contributed by atoms with Crippen LogP contribution in [0.5, 0.6) is 0 Å². The Labute approximate surface area is 121 Å². The smallest absolute Gasteiger partial charge is 0.0505 e. The van der Waals surface area contributed by atoms with E-state index in [2.05, 4.69) is 40.7 Å². The third-order valence-electron chi connectivity index (χ3n) is 4.61. The molecule has 1 saturated carbocycles. The Morgan fingerprint density at radius 1 is 1.16 bits per heavy atom. The maximum absolute atomic E-state index is 3.82. The molecule has 1 aliphatic carbocycles. The Bertz CT molecular complexity index is 421. The van der Waals surface area contributed by atoms with Gasteiger partial charge in [-0.2, -0.15) is 0 Å². The molecule has 2 nitrogen and oxygen atoms in total. The van der Waals surface area contributed by atoms with Gasteiger partial charge in [-0.1, -0.05) is 31.4 Å². The predicted molar refractivity (Wildman–Crippen MR) is 84.3 cm³/mol. The summed E-state index contributed by atoms with van der Waals surface area (Å²) in [5, 5.41) is 3.82. The lowest BCUT2D eigenvalue weighted by Gasteiger charge is -2.47. The van der Waals surface area contributed by atoms with Gasteiger partial charge in [0.15, 0.2) is 0 Å². The average Bonchev–Trinajstić information content (AvgIpc) is 2.48. The molecule has 2 aliphatic rings. The summed E-state index contributed by atoms with van der Waals surface area (Å²) < 4.78 is 0. The zero-order chi connectivity index (χ0) is 13.1. The van der Waals surface area contributed by atoms with Crippen molar-refractivity contribution in [1.29, 1.82) is 0 Å². The van der Waals surface area contributed by atoms with Gasteiger partial charge in [0.05, 0.1) is 5.69 Å². The van der Waals surface area contributed by atoms with Gasteiger partial charge in [-0.05, 0) is 31.2 Å². The highest BCUT2D eigenvalue weighted by Crippen LogP contribution is 2.35. The van der Waals surface area contributed by atoms with Crippen molar-refractivity contribution in [3.63, 3.8) is 0 Å². The highest BCUT2D eigenvalue weighted by atomic mass is 32.2. The molecule has 1 heterocycles. The summed E-state index contributed by atoms with van der Waals surface area (Å²) in [7, 11) is 0. The minimum Gasteiger partial charge on any atom is -0.368 e. The van der Waals surface area contributed by atoms with Gasteiger partial charge in [-0.15, -0.1) is 11.8 Å². The third kappa shape index (κ3) is 2.77. The quantitative estimate of drug-likeness (QED) is 0.832. The van der Waals surface area contributed by atoms with Crippen molar-refractivity contribution < 1.29 is 0 Å². The first-order chi connectivity index (χ1) is 9.33. The first-order valence-electron chi connectivity index (χ1n) is 7.46. The molecule has 1 saturated heterocycles. The lowest BCUT2D eigenvalue weighted by molar-refractivity contribution is 0.216. The number of thioether (sulfide) groups is 1. The van der Waals surface area contributed by atoms with E-state index in [0.717, 1.165) is 13.1 Å². The molecule has 0 unspecified atom stereocenters. The molecule has 0 aromatic heterocycles. The minimum absolute atomic E-state index is 0.391. The maximum atomic E-state index is 3.82. The van der Waals surface area contributed by atoms with E-state index in [9.17, 15) is 0 Å². The number of para-hydroxylation sites is 1. The van der Waals surface area contributed by atoms with Crippen LogP contribution in [0.2, 0.25) is 0 Å². The molecule has 0 radical (unpaired) electrons. The number of nitrogens with zero attached hydrogens (tertiary/aromatic N) is 1. The van der Waals surface area contributed by atoms with Gasteiger partial charge >= 0.3 is 0 Å². The molecule has 0 bridgehead atoms. The Kier molecular flexibility index (Phi) is 4.04. The number of hydrogen-bond acceptors (Lipinski definition) is 3. The summed E-state index contributed by atoms with van der Waals surface area (Å²) in [6, 6.07) is 8.85. The first-order valence-corrected chi connectivity index (χ1v) is 8.68. The zero-order valence-corrected chi connectivity index (χ0v) is 12.6. The predicted octanol–water partition coefficient (Wildman–Crippen LogP) is 3.52. The van der Waals surface area contributed by atoms with Crippen molar-refractivity contribution >= 4 is 17.4 Å². The zero-order valence-electron chi connectivity index (χ0n) is 11.8. The monoisotopic (exact) mass is 276 g/mol. The molecule has 1 aromatic carbocycles. The Balaban J connectivity index is 1.81. The topological polar surface area (TPSA) is 15.3 Å². The standard InChI is InChI=1S/C16H24N2S/c1-19-15-8-4-3-7-14(15)18-12-11-17-16(13-18)9-5-2-6-10-16/h3-4,7-8,17H,2,5-6,9-13H2,1H3. The van der Waals surface area contributed by atoms with E-state index in [-0.39, 0.29) is 0 Å². The molecule has 2 fully saturated rings. The largest absolute Gasteiger partial charge is 0.368 e. The van der Waals surface area contributed by atoms with Gasteiger partial charge in [0, 0.05) is 30.1 Å². The summed E-state index contributed by atoms with van der Waals surface area (Å²) in [6.07, 6.45) is 9.09. The highest BCUT2D eigenvalue weighted by Gasteiger charge is 2.36. The molecule has 1 aromatic rings. The third-order valence-corrected chi connectivity index (χ3v) is 5.40. The summed E-state index contributed by atoms with van der Waals surface area (Å²) >= 11 is 1.86. The van der Waals surface area contributed by atoms with Crippen molar-refractivity contribution in [2.24, 2.45) is 0 Å². The highest BCUT2D eigenvalue weighted by molar-refractivity contribution is 7.98. The van der Waals surface area contributed by atoms with E-state index >= 15 is 0 Å². The van der Waals surface area contributed by atoms with Gasteiger partial charge in [0.2, 0.25) is 0 Å². The van der Waals surface area contributed by atoms with Crippen LogP contribution in [-0.2, 0) is 0 Å². The van der Waals surface area contributed by atoms with Crippen molar-refractivity contribution in [2.45, 2.75) is 42.5 Å². The van der Waals surface area contributed by atoms with Crippen molar-refractivity contribution in [3.05, 3.63) is 24.3 Å². The van der Waals surface area contributed by atoms with Crippen LogP contribution in [0.3, 0.4) is 0 Å². The average molecular weight is 276 g/mol. The number of hydrogen-bond donors (Lipinski definition) is 1. The fourth-order valence-electron chi connectivity index (χ4n) is 3.62. The van der Waals surface area contributed by atoms with Crippen LogP contribution >= 0.6 is 11.8 Å².